The lowest BCUT2D eigenvalue weighted by atomic mass is 9.97. The van der Waals surface area contributed by atoms with Crippen molar-refractivity contribution in [3.8, 4) is 11.3 Å². The topological polar surface area (TPSA) is 37.8 Å². The highest BCUT2D eigenvalue weighted by Gasteiger charge is 2.13. The smallest absolute Gasteiger partial charge is 0.151 e. The molecule has 0 fully saturated rings. The fourth-order valence-electron chi connectivity index (χ4n) is 2.28. The fraction of sp³-hybridized carbons (Fsp3) is 0.412. The molecule has 1 aromatic carbocycles. The molecular formula is C17H23N3. The van der Waals surface area contributed by atoms with Crippen LogP contribution in [0.5, 0.6) is 0 Å². The van der Waals surface area contributed by atoms with Crippen molar-refractivity contribution in [2.24, 2.45) is 0 Å². The van der Waals surface area contributed by atoms with Crippen LogP contribution in [0.2, 0.25) is 0 Å². The highest BCUT2D eigenvalue weighted by atomic mass is 15.2. The Labute approximate surface area is 121 Å². The molecule has 1 heterocycles. The summed E-state index contributed by atoms with van der Waals surface area (Å²) in [4.78, 5) is 0. The maximum Gasteiger partial charge on any atom is 0.151 e. The first-order chi connectivity index (χ1) is 9.56. The summed E-state index contributed by atoms with van der Waals surface area (Å²) in [6, 6.07) is 6.33. The van der Waals surface area contributed by atoms with Crippen LogP contribution in [0.15, 0.2) is 18.2 Å². The highest BCUT2D eigenvalue weighted by Crippen LogP contribution is 2.29. The number of aromatic nitrogens is 2. The lowest BCUT2D eigenvalue weighted by Crippen LogP contribution is -2.08. The van der Waals surface area contributed by atoms with Crippen LogP contribution in [0, 0.1) is 27.7 Å². The summed E-state index contributed by atoms with van der Waals surface area (Å²) < 4.78 is 0. The van der Waals surface area contributed by atoms with Gasteiger partial charge >= 0.3 is 0 Å². The largest absolute Gasteiger partial charge is 0.368 e. The van der Waals surface area contributed by atoms with Gasteiger partial charge in [0.05, 0.1) is 5.69 Å². The van der Waals surface area contributed by atoms with Crippen LogP contribution in [0.4, 0.5) is 5.82 Å². The first-order valence-electron chi connectivity index (χ1n) is 7.20. The third-order valence-electron chi connectivity index (χ3n) is 3.93. The number of aryl methyl sites for hydroxylation is 1. The Bertz CT molecular complexity index is 618. The van der Waals surface area contributed by atoms with Gasteiger partial charge in [-0.05, 0) is 56.4 Å². The Balaban J connectivity index is 2.48. The zero-order chi connectivity index (χ0) is 14.7. The van der Waals surface area contributed by atoms with Gasteiger partial charge in [0.25, 0.3) is 0 Å². The predicted octanol–water partition coefficient (Wildman–Crippen LogP) is 4.20. The first-order valence-corrected chi connectivity index (χ1v) is 7.20. The van der Waals surface area contributed by atoms with E-state index in [2.05, 4.69) is 68.3 Å². The third kappa shape index (κ3) is 2.67. The lowest BCUT2D eigenvalue weighted by molar-refractivity contribution is 0.932. The van der Waals surface area contributed by atoms with Crippen LogP contribution >= 0.6 is 0 Å². The highest BCUT2D eigenvalue weighted by molar-refractivity contribution is 5.70. The van der Waals surface area contributed by atoms with E-state index in [9.17, 15) is 0 Å². The zero-order valence-electron chi connectivity index (χ0n) is 13.0. The molecule has 1 N–H and O–H groups in total. The SMILES string of the molecule is CCCNc1nnc(-c2cccc(C)c2C)c(C)c1C. The average Bonchev–Trinajstić information content (AvgIpc) is 2.44. The van der Waals surface area contributed by atoms with E-state index in [0.717, 1.165) is 24.5 Å². The van der Waals surface area contributed by atoms with Gasteiger partial charge in [0, 0.05) is 12.1 Å². The zero-order valence-corrected chi connectivity index (χ0v) is 13.0. The normalized spacial score (nSPS) is 10.7. The molecule has 1 aromatic heterocycles. The molecule has 0 atom stereocenters. The number of nitrogens with zero attached hydrogens (tertiary/aromatic N) is 2. The van der Waals surface area contributed by atoms with Gasteiger partial charge in [0.2, 0.25) is 0 Å². The van der Waals surface area contributed by atoms with Crippen LogP contribution in [0.1, 0.15) is 35.6 Å². The molecule has 0 unspecified atom stereocenters. The van der Waals surface area contributed by atoms with Gasteiger partial charge in [-0.3, -0.25) is 0 Å². The van der Waals surface area contributed by atoms with Gasteiger partial charge in [-0.25, -0.2) is 0 Å². The van der Waals surface area contributed by atoms with Gasteiger partial charge in [-0.1, -0.05) is 25.1 Å². The maximum atomic E-state index is 4.45. The average molecular weight is 269 g/mol. The van der Waals surface area contributed by atoms with E-state index in [-0.39, 0.29) is 0 Å². The number of rotatable bonds is 4. The minimum atomic E-state index is 0.901. The molecule has 0 spiro atoms. The molecule has 2 rings (SSSR count). The van der Waals surface area contributed by atoms with Crippen molar-refractivity contribution >= 4 is 5.82 Å². The molecule has 0 aliphatic carbocycles. The van der Waals surface area contributed by atoms with E-state index in [1.807, 2.05) is 0 Å². The second kappa shape index (κ2) is 6.04. The van der Waals surface area contributed by atoms with Gasteiger partial charge in [-0.15, -0.1) is 10.2 Å². The first kappa shape index (κ1) is 14.5. The van der Waals surface area contributed by atoms with E-state index >= 15 is 0 Å². The van der Waals surface area contributed by atoms with Crippen molar-refractivity contribution in [3.05, 3.63) is 40.5 Å². The molecule has 0 aliphatic heterocycles. The Morgan fingerprint density at radius 3 is 2.40 bits per heavy atom. The minimum absolute atomic E-state index is 0.901. The standard InChI is InChI=1S/C17H23N3/c1-6-10-18-17-14(5)13(4)16(19-20-17)15-9-7-8-11(2)12(15)3/h7-9H,6,10H2,1-5H3,(H,18,20). The molecule has 0 amide bonds. The Hall–Kier alpha value is -1.90. The van der Waals surface area contributed by atoms with Crippen molar-refractivity contribution in [3.63, 3.8) is 0 Å². The molecular weight excluding hydrogens is 246 g/mol. The van der Waals surface area contributed by atoms with E-state index in [0.29, 0.717) is 0 Å². The number of benzene rings is 1. The molecule has 0 radical (unpaired) electrons. The van der Waals surface area contributed by atoms with E-state index in [1.54, 1.807) is 0 Å². The van der Waals surface area contributed by atoms with Crippen molar-refractivity contribution in [1.29, 1.82) is 0 Å². The second-order valence-corrected chi connectivity index (χ2v) is 5.32. The molecule has 3 heteroatoms. The molecule has 0 saturated heterocycles. The molecule has 3 nitrogen and oxygen atoms in total. The summed E-state index contributed by atoms with van der Waals surface area (Å²) >= 11 is 0. The maximum absolute atomic E-state index is 4.45. The molecule has 0 saturated carbocycles. The van der Waals surface area contributed by atoms with Crippen LogP contribution in [-0.2, 0) is 0 Å². The van der Waals surface area contributed by atoms with E-state index in [4.69, 9.17) is 0 Å². The summed E-state index contributed by atoms with van der Waals surface area (Å²) in [5.41, 5.74) is 7.12. The van der Waals surface area contributed by atoms with E-state index < -0.39 is 0 Å². The number of hydrogen-bond acceptors (Lipinski definition) is 3. The number of anilines is 1. The minimum Gasteiger partial charge on any atom is -0.368 e. The van der Waals surface area contributed by atoms with Gasteiger partial charge in [0.15, 0.2) is 5.82 Å². The van der Waals surface area contributed by atoms with Crippen LogP contribution in [0.25, 0.3) is 11.3 Å². The summed E-state index contributed by atoms with van der Waals surface area (Å²) in [7, 11) is 0. The predicted molar refractivity (Wildman–Crippen MR) is 85.2 cm³/mol. The number of hydrogen-bond donors (Lipinski definition) is 1. The molecule has 20 heavy (non-hydrogen) atoms. The van der Waals surface area contributed by atoms with Crippen molar-refractivity contribution in [2.45, 2.75) is 41.0 Å². The number of nitrogens with one attached hydrogen (secondary N) is 1. The molecule has 0 bridgehead atoms. The van der Waals surface area contributed by atoms with Crippen molar-refractivity contribution < 1.29 is 0 Å². The summed E-state index contributed by atoms with van der Waals surface area (Å²) in [5.74, 6) is 0.901. The Kier molecular flexibility index (Phi) is 4.38. The summed E-state index contributed by atoms with van der Waals surface area (Å²) in [6.45, 7) is 11.6. The second-order valence-electron chi connectivity index (χ2n) is 5.32. The summed E-state index contributed by atoms with van der Waals surface area (Å²) in [6.07, 6.45) is 1.08. The quantitative estimate of drug-likeness (QED) is 0.904. The van der Waals surface area contributed by atoms with Crippen LogP contribution < -0.4 is 5.32 Å². The Morgan fingerprint density at radius 1 is 0.950 bits per heavy atom. The summed E-state index contributed by atoms with van der Waals surface area (Å²) in [5, 5.41) is 12.1. The molecule has 0 aliphatic rings. The monoisotopic (exact) mass is 269 g/mol. The van der Waals surface area contributed by atoms with E-state index in [1.165, 1.54) is 27.8 Å². The van der Waals surface area contributed by atoms with Gasteiger partial charge in [-0.2, -0.15) is 0 Å². The lowest BCUT2D eigenvalue weighted by Gasteiger charge is -2.14. The van der Waals surface area contributed by atoms with Crippen molar-refractivity contribution in [2.75, 3.05) is 11.9 Å². The van der Waals surface area contributed by atoms with Gasteiger partial charge in [0.1, 0.15) is 0 Å². The van der Waals surface area contributed by atoms with Crippen LogP contribution in [0.3, 0.4) is 0 Å². The molecule has 2 aromatic rings. The van der Waals surface area contributed by atoms with Crippen LogP contribution in [-0.4, -0.2) is 16.7 Å². The van der Waals surface area contributed by atoms with Gasteiger partial charge < -0.3 is 5.32 Å². The third-order valence-corrected chi connectivity index (χ3v) is 3.93. The Morgan fingerprint density at radius 2 is 1.70 bits per heavy atom. The van der Waals surface area contributed by atoms with Crippen molar-refractivity contribution in [1.82, 2.24) is 10.2 Å². The molecule has 106 valence electrons. The fourth-order valence-corrected chi connectivity index (χ4v) is 2.28.